The van der Waals surface area contributed by atoms with Gasteiger partial charge in [-0.1, -0.05) is 42.0 Å². The van der Waals surface area contributed by atoms with E-state index in [4.69, 9.17) is 0 Å². The van der Waals surface area contributed by atoms with E-state index in [2.05, 4.69) is 57.4 Å². The highest BCUT2D eigenvalue weighted by atomic mass is 32.2. The fraction of sp³-hybridized carbons (Fsp3) is 0.240. The monoisotopic (exact) mass is 493 g/mol. The number of benzene rings is 1. The number of H-pyrrole nitrogens is 1. The summed E-state index contributed by atoms with van der Waals surface area (Å²) >= 11 is 3.49. The van der Waals surface area contributed by atoms with Gasteiger partial charge in [0.2, 0.25) is 0 Å². The van der Waals surface area contributed by atoms with Crippen molar-refractivity contribution >= 4 is 44.6 Å². The highest BCUT2D eigenvalue weighted by Gasteiger charge is 2.43. The molecule has 1 N–H and O–H groups in total. The molecule has 0 spiro atoms. The van der Waals surface area contributed by atoms with Crippen molar-refractivity contribution in [2.75, 3.05) is 4.31 Å². The average molecular weight is 494 g/mol. The van der Waals surface area contributed by atoms with Crippen molar-refractivity contribution in [3.05, 3.63) is 91.9 Å². The first kappa shape index (κ1) is 20.9. The van der Waals surface area contributed by atoms with E-state index in [1.807, 2.05) is 19.1 Å². The topological polar surface area (TPSA) is 66.1 Å². The van der Waals surface area contributed by atoms with Crippen molar-refractivity contribution in [3.8, 4) is 0 Å². The van der Waals surface area contributed by atoms with Crippen LogP contribution in [0.5, 0.6) is 0 Å². The lowest BCUT2D eigenvalue weighted by Gasteiger charge is -2.32. The average Bonchev–Trinajstić information content (AvgIpc) is 3.23. The maximum atomic E-state index is 13.7. The lowest BCUT2D eigenvalue weighted by atomic mass is 9.76. The third-order valence-corrected chi connectivity index (χ3v) is 10.4. The first-order valence-corrected chi connectivity index (χ1v) is 14.1. The number of fused-ring (bicyclic) bond motifs is 1. The predicted octanol–water partition coefficient (Wildman–Crippen LogP) is 5.75. The minimum absolute atomic E-state index is 0.0432. The van der Waals surface area contributed by atoms with Gasteiger partial charge in [-0.3, -0.25) is 5.10 Å². The molecule has 5 nitrogen and oxygen atoms in total. The molecule has 3 aromatic heterocycles. The van der Waals surface area contributed by atoms with E-state index >= 15 is 0 Å². The minimum Gasteiger partial charge on any atom is -0.280 e. The summed E-state index contributed by atoms with van der Waals surface area (Å²) in [5.41, 5.74) is 2.62. The highest BCUT2D eigenvalue weighted by Crippen LogP contribution is 2.47. The van der Waals surface area contributed by atoms with Crippen molar-refractivity contribution in [2.45, 2.75) is 42.5 Å². The molecule has 0 saturated heterocycles. The number of hydrogen-bond donors (Lipinski definition) is 1. The van der Waals surface area contributed by atoms with Crippen LogP contribution in [0.15, 0.2) is 70.3 Å². The lowest BCUT2D eigenvalue weighted by molar-refractivity contribution is 0.589. The fourth-order valence-corrected chi connectivity index (χ4v) is 8.14. The Hall–Kier alpha value is -2.68. The number of allylic oxidation sites excluding steroid dienone is 1. The van der Waals surface area contributed by atoms with Crippen molar-refractivity contribution in [3.63, 3.8) is 0 Å². The molecule has 2 aliphatic rings. The van der Waals surface area contributed by atoms with Crippen molar-refractivity contribution in [1.29, 1.82) is 0 Å². The number of sulfonamides is 1. The smallest absolute Gasteiger partial charge is 0.265 e. The zero-order valence-corrected chi connectivity index (χ0v) is 20.5. The first-order chi connectivity index (χ1) is 16.0. The Morgan fingerprint density at radius 3 is 2.27 bits per heavy atom. The largest absolute Gasteiger partial charge is 0.280 e. The van der Waals surface area contributed by atoms with Gasteiger partial charge in [0.05, 0.1) is 10.3 Å². The molecule has 0 unspecified atom stereocenters. The Balaban J connectivity index is 1.44. The van der Waals surface area contributed by atoms with Gasteiger partial charge >= 0.3 is 0 Å². The van der Waals surface area contributed by atoms with Crippen LogP contribution in [0.3, 0.4) is 0 Å². The third-order valence-electron chi connectivity index (χ3n) is 6.44. The molecule has 0 atom stereocenters. The van der Waals surface area contributed by atoms with E-state index in [1.54, 1.807) is 39.1 Å². The Bertz CT molecular complexity index is 1380. The van der Waals surface area contributed by atoms with Crippen molar-refractivity contribution < 1.29 is 8.42 Å². The Morgan fingerprint density at radius 2 is 1.70 bits per heavy atom. The number of aromatic amines is 1. The molecule has 0 radical (unpaired) electrons. The Kier molecular flexibility index (Phi) is 4.87. The number of thiophene rings is 2. The summed E-state index contributed by atoms with van der Waals surface area (Å²) in [4.78, 5) is 2.85. The van der Waals surface area contributed by atoms with E-state index in [0.29, 0.717) is 10.7 Å². The van der Waals surface area contributed by atoms with Crippen LogP contribution in [0, 0.1) is 6.92 Å². The van der Waals surface area contributed by atoms with E-state index in [0.717, 1.165) is 36.1 Å². The summed E-state index contributed by atoms with van der Waals surface area (Å²) in [5.74, 6) is 0.510. The maximum absolute atomic E-state index is 13.7. The molecule has 168 valence electrons. The maximum Gasteiger partial charge on any atom is 0.265 e. The summed E-state index contributed by atoms with van der Waals surface area (Å²) in [6.07, 6.45) is 6.72. The highest BCUT2D eigenvalue weighted by molar-refractivity contribution is 7.92. The van der Waals surface area contributed by atoms with Crippen molar-refractivity contribution in [1.82, 2.24) is 10.2 Å². The van der Waals surface area contributed by atoms with Gasteiger partial charge in [0.1, 0.15) is 0 Å². The zero-order chi connectivity index (χ0) is 22.6. The summed E-state index contributed by atoms with van der Waals surface area (Å²) in [7, 11) is -3.71. The summed E-state index contributed by atoms with van der Waals surface area (Å²) < 4.78 is 28.9. The number of nitrogens with zero attached hydrogens (tertiary/aromatic N) is 2. The number of aryl methyl sites for hydroxylation is 1. The van der Waals surface area contributed by atoms with Gasteiger partial charge in [-0.25, -0.2) is 12.7 Å². The molecule has 1 aromatic carbocycles. The molecule has 2 aliphatic carbocycles. The number of anilines is 1. The molecule has 0 aliphatic heterocycles. The van der Waals surface area contributed by atoms with Crippen molar-refractivity contribution in [2.24, 2.45) is 0 Å². The molecule has 8 heteroatoms. The molecular formula is C25H23N3O2S3. The lowest BCUT2D eigenvalue weighted by Crippen LogP contribution is -2.34. The molecule has 1 saturated carbocycles. The number of aromatic nitrogens is 2. The second-order valence-corrected chi connectivity index (χ2v) is 12.4. The normalized spacial score (nSPS) is 17.1. The number of hydrogen-bond acceptors (Lipinski definition) is 5. The standard InChI is InChI=1S/C25H23N3O2S3/c1-17-6-10-19(11-7-17)33(29,30)28(18-8-9-18)24-20-12-13-25(16-21(20)26-27-24,22-4-2-14-31-22)23-5-3-15-32-23/h2-7,10-15,18H,8-9,16H2,1H3,(H,26,27). The number of nitrogens with one attached hydrogen (secondary N) is 1. The summed E-state index contributed by atoms with van der Waals surface area (Å²) in [6, 6.07) is 15.5. The van der Waals surface area contributed by atoms with Gasteiger partial charge in [0.25, 0.3) is 10.0 Å². The van der Waals surface area contributed by atoms with E-state index in [1.165, 1.54) is 9.75 Å². The summed E-state index contributed by atoms with van der Waals surface area (Å²) in [5, 5.41) is 12.0. The SMILES string of the molecule is Cc1ccc(S(=O)(=O)N(c2n[nH]c3c2C=CC(c2cccs2)(c2cccs2)C3)C2CC2)cc1. The molecule has 1 fully saturated rings. The quantitative estimate of drug-likeness (QED) is 0.372. The van der Waals surface area contributed by atoms with Crippen LogP contribution < -0.4 is 4.31 Å². The second-order valence-electron chi connectivity index (χ2n) is 8.72. The van der Waals surface area contributed by atoms with Crippen LogP contribution in [-0.2, 0) is 21.9 Å². The van der Waals surface area contributed by atoms with Crippen LogP contribution in [0.4, 0.5) is 5.82 Å². The van der Waals surface area contributed by atoms with Crippen LogP contribution in [-0.4, -0.2) is 24.7 Å². The van der Waals surface area contributed by atoms with Gasteiger partial charge in [0, 0.05) is 33.5 Å². The number of rotatable bonds is 6. The van der Waals surface area contributed by atoms with E-state index in [-0.39, 0.29) is 11.5 Å². The van der Waals surface area contributed by atoms with Gasteiger partial charge < -0.3 is 0 Å². The van der Waals surface area contributed by atoms with Gasteiger partial charge in [-0.05, 0) is 54.8 Å². The Labute approximate surface area is 201 Å². The van der Waals surface area contributed by atoms with E-state index < -0.39 is 10.0 Å². The fourth-order valence-electron chi connectivity index (χ4n) is 4.56. The Morgan fingerprint density at radius 1 is 1.03 bits per heavy atom. The van der Waals surface area contributed by atoms with E-state index in [9.17, 15) is 8.42 Å². The van der Waals surface area contributed by atoms with Crippen LogP contribution in [0.25, 0.3) is 6.08 Å². The zero-order valence-electron chi connectivity index (χ0n) is 18.1. The third kappa shape index (κ3) is 3.39. The molecule has 6 rings (SSSR count). The van der Waals surface area contributed by atoms with Crippen LogP contribution >= 0.6 is 22.7 Å². The molecule has 33 heavy (non-hydrogen) atoms. The molecular weight excluding hydrogens is 470 g/mol. The minimum atomic E-state index is -3.71. The molecule has 3 heterocycles. The molecule has 0 amide bonds. The first-order valence-electron chi connectivity index (χ1n) is 10.9. The van der Waals surface area contributed by atoms with Gasteiger partial charge in [-0.2, -0.15) is 5.10 Å². The van der Waals surface area contributed by atoms with Gasteiger partial charge in [-0.15, -0.1) is 22.7 Å². The van der Waals surface area contributed by atoms with Gasteiger partial charge in [0.15, 0.2) is 5.82 Å². The predicted molar refractivity (Wildman–Crippen MR) is 135 cm³/mol. The van der Waals surface area contributed by atoms with Crippen LogP contribution in [0.2, 0.25) is 0 Å². The summed E-state index contributed by atoms with van der Waals surface area (Å²) in [6.45, 7) is 1.96. The van der Waals surface area contributed by atoms with Crippen LogP contribution in [0.1, 0.15) is 39.4 Å². The molecule has 0 bridgehead atoms. The molecule has 4 aromatic rings. The second kappa shape index (κ2) is 7.68.